The van der Waals surface area contributed by atoms with Gasteiger partial charge in [0.1, 0.15) is 0 Å². The molecule has 0 spiro atoms. The Morgan fingerprint density at radius 1 is 1.24 bits per heavy atom. The third kappa shape index (κ3) is 3.60. The van der Waals surface area contributed by atoms with Gasteiger partial charge < -0.3 is 10.4 Å². The van der Waals surface area contributed by atoms with E-state index in [1.54, 1.807) is 11.6 Å². The van der Waals surface area contributed by atoms with Gasteiger partial charge in [0, 0.05) is 24.5 Å². The Morgan fingerprint density at radius 2 is 1.90 bits per heavy atom. The molecule has 21 heavy (non-hydrogen) atoms. The minimum absolute atomic E-state index is 0.213. The third-order valence-corrected chi connectivity index (χ3v) is 3.48. The summed E-state index contributed by atoms with van der Waals surface area (Å²) in [4.78, 5) is 26.9. The Kier molecular flexibility index (Phi) is 4.59. The van der Waals surface area contributed by atoms with Crippen LogP contribution in [-0.4, -0.2) is 28.5 Å². The molecule has 0 aliphatic rings. The first-order valence-electron chi connectivity index (χ1n) is 5.88. The van der Waals surface area contributed by atoms with Gasteiger partial charge in [0.2, 0.25) is 0 Å². The molecule has 0 aliphatic carbocycles. The van der Waals surface area contributed by atoms with Crippen molar-refractivity contribution in [3.05, 3.63) is 51.5 Å². The lowest BCUT2D eigenvalue weighted by Gasteiger charge is -2.08. The molecule has 0 bridgehead atoms. The summed E-state index contributed by atoms with van der Waals surface area (Å²) in [6, 6.07) is 1.07. The number of carbonyl (C=O) groups excluding carboxylic acids is 1. The molecule has 0 atom stereocenters. The number of thiazole rings is 1. The molecule has 8 heteroatoms. The Morgan fingerprint density at radius 3 is 2.48 bits per heavy atom. The number of halogens is 2. The van der Waals surface area contributed by atoms with E-state index < -0.39 is 34.6 Å². The van der Waals surface area contributed by atoms with Gasteiger partial charge >= 0.3 is 5.97 Å². The molecule has 1 heterocycles. The van der Waals surface area contributed by atoms with E-state index in [9.17, 15) is 18.4 Å². The quantitative estimate of drug-likeness (QED) is 0.886. The zero-order chi connectivity index (χ0) is 15.4. The van der Waals surface area contributed by atoms with E-state index in [1.807, 2.05) is 0 Å². The molecule has 1 amide bonds. The van der Waals surface area contributed by atoms with Gasteiger partial charge in [-0.1, -0.05) is 0 Å². The standard InChI is InChI=1S/C13H10F2N2O3S/c14-9-5-7(8(13(19)20)6-10(9)15)12(18)17-2-1-11-16-3-4-21-11/h3-6H,1-2H2,(H,17,18)(H,19,20). The average Bonchev–Trinajstić information content (AvgIpc) is 2.94. The van der Waals surface area contributed by atoms with Crippen LogP contribution in [0, 0.1) is 11.6 Å². The zero-order valence-electron chi connectivity index (χ0n) is 10.6. The molecule has 0 unspecified atom stereocenters. The molecule has 0 aliphatic heterocycles. The van der Waals surface area contributed by atoms with Crippen molar-refractivity contribution in [2.75, 3.05) is 6.54 Å². The van der Waals surface area contributed by atoms with E-state index in [4.69, 9.17) is 5.11 Å². The van der Waals surface area contributed by atoms with Crippen LogP contribution >= 0.6 is 11.3 Å². The Bertz CT molecular complexity index is 674. The summed E-state index contributed by atoms with van der Waals surface area (Å²) in [6.45, 7) is 0.213. The van der Waals surface area contributed by atoms with Crippen LogP contribution in [0.4, 0.5) is 8.78 Å². The Labute approximate surface area is 122 Å². The summed E-state index contributed by atoms with van der Waals surface area (Å²) in [5.41, 5.74) is -0.999. The molecule has 0 fully saturated rings. The predicted molar refractivity (Wildman–Crippen MR) is 71.5 cm³/mol. The van der Waals surface area contributed by atoms with Crippen LogP contribution in [0.1, 0.15) is 25.7 Å². The molecule has 0 saturated heterocycles. The molecule has 2 rings (SSSR count). The number of carboxylic acid groups (broad SMARTS) is 1. The van der Waals surface area contributed by atoms with Crippen molar-refractivity contribution in [2.24, 2.45) is 0 Å². The highest BCUT2D eigenvalue weighted by Gasteiger charge is 2.20. The number of aromatic nitrogens is 1. The molecule has 2 N–H and O–H groups in total. The van der Waals surface area contributed by atoms with E-state index in [-0.39, 0.29) is 6.54 Å². The maximum atomic E-state index is 13.2. The number of rotatable bonds is 5. The fourth-order valence-corrected chi connectivity index (χ4v) is 2.29. The normalized spacial score (nSPS) is 10.4. The highest BCUT2D eigenvalue weighted by Crippen LogP contribution is 2.15. The largest absolute Gasteiger partial charge is 0.478 e. The fraction of sp³-hybridized carbons (Fsp3) is 0.154. The second-order valence-electron chi connectivity index (χ2n) is 4.05. The van der Waals surface area contributed by atoms with Crippen LogP contribution in [0.2, 0.25) is 0 Å². The molecular weight excluding hydrogens is 302 g/mol. The van der Waals surface area contributed by atoms with Crippen LogP contribution in [0.3, 0.4) is 0 Å². The highest BCUT2D eigenvalue weighted by molar-refractivity contribution is 7.09. The van der Waals surface area contributed by atoms with Gasteiger partial charge in [-0.3, -0.25) is 4.79 Å². The zero-order valence-corrected chi connectivity index (χ0v) is 11.4. The van der Waals surface area contributed by atoms with Gasteiger partial charge in [-0.05, 0) is 12.1 Å². The second kappa shape index (κ2) is 6.40. The second-order valence-corrected chi connectivity index (χ2v) is 5.03. The molecule has 110 valence electrons. The van der Waals surface area contributed by atoms with Crippen molar-refractivity contribution in [1.82, 2.24) is 10.3 Å². The SMILES string of the molecule is O=C(O)c1cc(F)c(F)cc1C(=O)NCCc1nccs1. The van der Waals surface area contributed by atoms with Crippen molar-refractivity contribution < 1.29 is 23.5 Å². The van der Waals surface area contributed by atoms with E-state index >= 15 is 0 Å². The number of hydrogen-bond acceptors (Lipinski definition) is 4. The molecule has 1 aromatic carbocycles. The molecule has 2 aromatic rings. The van der Waals surface area contributed by atoms with E-state index in [0.717, 1.165) is 5.01 Å². The fourth-order valence-electron chi connectivity index (χ4n) is 1.67. The summed E-state index contributed by atoms with van der Waals surface area (Å²) in [7, 11) is 0. The van der Waals surface area contributed by atoms with Crippen molar-refractivity contribution in [3.8, 4) is 0 Å². The summed E-state index contributed by atoms with van der Waals surface area (Å²) >= 11 is 1.42. The van der Waals surface area contributed by atoms with Crippen LogP contribution in [-0.2, 0) is 6.42 Å². The molecule has 0 radical (unpaired) electrons. The number of carboxylic acids is 1. The van der Waals surface area contributed by atoms with E-state index in [2.05, 4.69) is 10.3 Å². The summed E-state index contributed by atoms with van der Waals surface area (Å²) in [5.74, 6) is -4.86. The predicted octanol–water partition coefficient (Wildman–Crippen LogP) is 2.09. The first-order valence-corrected chi connectivity index (χ1v) is 6.76. The van der Waals surface area contributed by atoms with E-state index in [0.29, 0.717) is 18.6 Å². The first kappa shape index (κ1) is 15.0. The Balaban J connectivity index is 2.11. The highest BCUT2D eigenvalue weighted by atomic mass is 32.1. The van der Waals surface area contributed by atoms with Crippen molar-refractivity contribution in [3.63, 3.8) is 0 Å². The minimum atomic E-state index is -1.50. The van der Waals surface area contributed by atoms with Crippen molar-refractivity contribution in [1.29, 1.82) is 0 Å². The smallest absolute Gasteiger partial charge is 0.336 e. The van der Waals surface area contributed by atoms with Crippen molar-refractivity contribution in [2.45, 2.75) is 6.42 Å². The van der Waals surface area contributed by atoms with Gasteiger partial charge in [-0.25, -0.2) is 18.6 Å². The number of hydrogen-bond donors (Lipinski definition) is 2. The lowest BCUT2D eigenvalue weighted by Crippen LogP contribution is -2.27. The Hall–Kier alpha value is -2.35. The molecule has 0 saturated carbocycles. The van der Waals surface area contributed by atoms with Gasteiger partial charge in [-0.2, -0.15) is 0 Å². The molecule has 1 aromatic heterocycles. The summed E-state index contributed by atoms with van der Waals surface area (Å²) in [5, 5.41) is 14.0. The number of aromatic carboxylic acids is 1. The lowest BCUT2D eigenvalue weighted by atomic mass is 10.1. The monoisotopic (exact) mass is 312 g/mol. The minimum Gasteiger partial charge on any atom is -0.478 e. The lowest BCUT2D eigenvalue weighted by molar-refractivity contribution is 0.0690. The topological polar surface area (TPSA) is 79.3 Å². The average molecular weight is 312 g/mol. The van der Waals surface area contributed by atoms with Gasteiger partial charge in [0.15, 0.2) is 11.6 Å². The van der Waals surface area contributed by atoms with Crippen LogP contribution in [0.5, 0.6) is 0 Å². The van der Waals surface area contributed by atoms with Crippen molar-refractivity contribution >= 4 is 23.2 Å². The number of benzene rings is 1. The summed E-state index contributed by atoms with van der Waals surface area (Å²) < 4.78 is 26.2. The maximum Gasteiger partial charge on any atom is 0.336 e. The van der Waals surface area contributed by atoms with Crippen LogP contribution in [0.25, 0.3) is 0 Å². The van der Waals surface area contributed by atoms with E-state index in [1.165, 1.54) is 11.3 Å². The summed E-state index contributed by atoms with van der Waals surface area (Å²) in [6.07, 6.45) is 2.09. The van der Waals surface area contributed by atoms with Gasteiger partial charge in [0.25, 0.3) is 5.91 Å². The van der Waals surface area contributed by atoms with Crippen LogP contribution in [0.15, 0.2) is 23.7 Å². The number of nitrogens with one attached hydrogen (secondary N) is 1. The third-order valence-electron chi connectivity index (χ3n) is 2.64. The number of carbonyl (C=O) groups is 2. The van der Waals surface area contributed by atoms with Gasteiger partial charge in [-0.15, -0.1) is 11.3 Å². The number of amides is 1. The molecule has 5 nitrogen and oxygen atoms in total. The maximum absolute atomic E-state index is 13.2. The van der Waals surface area contributed by atoms with Crippen LogP contribution < -0.4 is 5.32 Å². The first-order chi connectivity index (χ1) is 9.99. The van der Waals surface area contributed by atoms with Gasteiger partial charge in [0.05, 0.1) is 16.1 Å². The number of nitrogens with zero attached hydrogens (tertiary/aromatic N) is 1. The molecular formula is C13H10F2N2O3S.